The number of nitro groups is 1. The molecule has 3 aromatic heterocycles. The van der Waals surface area contributed by atoms with Gasteiger partial charge in [0.1, 0.15) is 18.0 Å². The van der Waals surface area contributed by atoms with Gasteiger partial charge in [-0.25, -0.2) is 4.98 Å². The summed E-state index contributed by atoms with van der Waals surface area (Å²) in [5.41, 5.74) is 1.43. The molecule has 0 amide bonds. The number of rotatable bonds is 4. The molecule has 21 heavy (non-hydrogen) atoms. The van der Waals surface area contributed by atoms with Crippen LogP contribution in [0.4, 0.5) is 5.82 Å². The van der Waals surface area contributed by atoms with Crippen LogP contribution in [0.3, 0.4) is 0 Å². The number of nitrogens with zero attached hydrogens (tertiary/aromatic N) is 4. The van der Waals surface area contributed by atoms with Crippen molar-refractivity contribution >= 4 is 17.2 Å². The van der Waals surface area contributed by atoms with Crippen molar-refractivity contribution in [3.8, 4) is 10.8 Å². The quantitative estimate of drug-likeness (QED) is 0.545. The first kappa shape index (κ1) is 13.5. The van der Waals surface area contributed by atoms with E-state index in [0.29, 0.717) is 23.9 Å². The molecule has 0 aliphatic carbocycles. The van der Waals surface area contributed by atoms with Gasteiger partial charge in [0, 0.05) is 0 Å². The number of thiophene rings is 1. The van der Waals surface area contributed by atoms with E-state index in [9.17, 15) is 10.1 Å². The van der Waals surface area contributed by atoms with Crippen molar-refractivity contribution in [1.82, 2.24) is 14.8 Å². The van der Waals surface area contributed by atoms with Gasteiger partial charge in [-0.15, -0.1) is 11.3 Å². The average molecular weight is 304 g/mol. The molecular formula is C13H12N4O3S. The molecule has 7 nitrogen and oxygen atoms in total. The average Bonchev–Trinajstić information content (AvgIpc) is 3.12. The summed E-state index contributed by atoms with van der Waals surface area (Å²) in [4.78, 5) is 15.6. The minimum absolute atomic E-state index is 0.160. The molecule has 0 bridgehead atoms. The number of aromatic nitrogens is 3. The fourth-order valence-corrected chi connectivity index (χ4v) is 2.61. The van der Waals surface area contributed by atoms with E-state index in [2.05, 4.69) is 10.1 Å². The normalized spacial score (nSPS) is 11.0. The molecule has 3 aromatic rings. The molecule has 0 spiro atoms. The van der Waals surface area contributed by atoms with Gasteiger partial charge in [0.15, 0.2) is 0 Å². The summed E-state index contributed by atoms with van der Waals surface area (Å²) in [5, 5.41) is 16.7. The first-order chi connectivity index (χ1) is 10.0. The van der Waals surface area contributed by atoms with Crippen LogP contribution < -0.4 is 0 Å². The number of hydrogen-bond acceptors (Lipinski definition) is 6. The molecule has 0 aliphatic rings. The van der Waals surface area contributed by atoms with Gasteiger partial charge in [-0.1, -0.05) is 6.07 Å². The van der Waals surface area contributed by atoms with Crippen LogP contribution in [0.15, 0.2) is 28.0 Å². The van der Waals surface area contributed by atoms with Gasteiger partial charge in [-0.2, -0.15) is 4.68 Å². The second kappa shape index (κ2) is 5.13. The fraction of sp³-hybridized carbons (Fsp3) is 0.231. The largest absolute Gasteiger partial charge is 0.440 e. The fourth-order valence-electron chi connectivity index (χ4n) is 1.96. The molecule has 0 unspecified atom stereocenters. The predicted molar refractivity (Wildman–Crippen MR) is 77.3 cm³/mol. The highest BCUT2D eigenvalue weighted by Gasteiger charge is 2.19. The Morgan fingerprint density at radius 1 is 1.48 bits per heavy atom. The SMILES string of the molecule is Cc1oc(-c2cccs2)nc1Cn1nc([N+](=O)[O-])cc1C. The Kier molecular flexibility index (Phi) is 3.30. The van der Waals surface area contributed by atoms with Crippen molar-refractivity contribution < 1.29 is 9.34 Å². The predicted octanol–water partition coefficient (Wildman–Crippen LogP) is 3.17. The summed E-state index contributed by atoms with van der Waals surface area (Å²) in [6.07, 6.45) is 0. The Hall–Kier alpha value is -2.48. The molecule has 0 atom stereocenters. The molecule has 0 fully saturated rings. The highest BCUT2D eigenvalue weighted by Crippen LogP contribution is 2.26. The van der Waals surface area contributed by atoms with Crippen LogP contribution in [0.5, 0.6) is 0 Å². The molecule has 0 saturated heterocycles. The van der Waals surface area contributed by atoms with Crippen molar-refractivity contribution in [2.24, 2.45) is 0 Å². The van der Waals surface area contributed by atoms with Crippen LogP contribution in [-0.4, -0.2) is 19.7 Å². The number of hydrogen-bond donors (Lipinski definition) is 0. The van der Waals surface area contributed by atoms with Crippen LogP contribution in [0.1, 0.15) is 17.1 Å². The van der Waals surface area contributed by atoms with Gasteiger partial charge in [0.25, 0.3) is 0 Å². The van der Waals surface area contributed by atoms with Crippen molar-refractivity contribution in [2.45, 2.75) is 20.4 Å². The summed E-state index contributed by atoms with van der Waals surface area (Å²) in [6.45, 7) is 3.95. The van der Waals surface area contributed by atoms with Gasteiger partial charge in [0.05, 0.1) is 21.7 Å². The van der Waals surface area contributed by atoms with E-state index in [1.54, 1.807) is 22.9 Å². The smallest absolute Gasteiger partial charge is 0.390 e. The van der Waals surface area contributed by atoms with E-state index >= 15 is 0 Å². The van der Waals surface area contributed by atoms with Crippen molar-refractivity contribution in [3.63, 3.8) is 0 Å². The molecule has 3 heterocycles. The highest BCUT2D eigenvalue weighted by molar-refractivity contribution is 7.13. The molecular weight excluding hydrogens is 292 g/mol. The first-order valence-corrected chi connectivity index (χ1v) is 7.11. The third kappa shape index (κ3) is 2.57. The Morgan fingerprint density at radius 3 is 2.90 bits per heavy atom. The zero-order chi connectivity index (χ0) is 15.0. The second-order valence-electron chi connectivity index (χ2n) is 4.56. The van der Waals surface area contributed by atoms with Crippen molar-refractivity contribution in [1.29, 1.82) is 0 Å². The summed E-state index contributed by atoms with van der Waals surface area (Å²) < 4.78 is 7.21. The van der Waals surface area contributed by atoms with Gasteiger partial charge < -0.3 is 14.5 Å². The third-order valence-electron chi connectivity index (χ3n) is 3.08. The molecule has 0 radical (unpaired) electrons. The Bertz CT molecular complexity index is 789. The van der Waals surface area contributed by atoms with Crippen LogP contribution in [0.2, 0.25) is 0 Å². The maximum atomic E-state index is 10.7. The van der Waals surface area contributed by atoms with E-state index < -0.39 is 4.92 Å². The lowest BCUT2D eigenvalue weighted by molar-refractivity contribution is -0.389. The minimum Gasteiger partial charge on any atom is -0.440 e. The number of oxazole rings is 1. The van der Waals surface area contributed by atoms with E-state index in [4.69, 9.17) is 4.42 Å². The molecule has 8 heteroatoms. The molecule has 0 aliphatic heterocycles. The summed E-state index contributed by atoms with van der Waals surface area (Å²) in [7, 11) is 0. The standard InChI is InChI=1S/C13H12N4O3S/c1-8-6-12(17(18)19)15-16(8)7-10-9(2)20-13(14-10)11-4-3-5-21-11/h3-6H,7H2,1-2H3. The van der Waals surface area contributed by atoms with Crippen LogP contribution >= 0.6 is 11.3 Å². The van der Waals surface area contributed by atoms with Crippen LogP contribution in [-0.2, 0) is 6.54 Å². The summed E-state index contributed by atoms with van der Waals surface area (Å²) in [6, 6.07) is 5.31. The zero-order valence-corrected chi connectivity index (χ0v) is 12.3. The van der Waals surface area contributed by atoms with Gasteiger partial charge in [0.2, 0.25) is 5.89 Å². The van der Waals surface area contributed by atoms with Crippen LogP contribution in [0, 0.1) is 24.0 Å². The van der Waals surface area contributed by atoms with Gasteiger partial charge in [-0.3, -0.25) is 0 Å². The van der Waals surface area contributed by atoms with E-state index in [1.807, 2.05) is 24.4 Å². The zero-order valence-electron chi connectivity index (χ0n) is 11.4. The second-order valence-corrected chi connectivity index (χ2v) is 5.51. The van der Waals surface area contributed by atoms with Crippen molar-refractivity contribution in [2.75, 3.05) is 0 Å². The van der Waals surface area contributed by atoms with Gasteiger partial charge >= 0.3 is 5.82 Å². The first-order valence-electron chi connectivity index (χ1n) is 6.23. The van der Waals surface area contributed by atoms with Crippen LogP contribution in [0.25, 0.3) is 10.8 Å². The monoisotopic (exact) mass is 304 g/mol. The summed E-state index contributed by atoms with van der Waals surface area (Å²) in [5.74, 6) is 1.10. The molecule has 3 rings (SSSR count). The van der Waals surface area contributed by atoms with E-state index in [-0.39, 0.29) is 5.82 Å². The number of aryl methyl sites for hydroxylation is 2. The third-order valence-corrected chi connectivity index (χ3v) is 3.94. The molecule has 108 valence electrons. The maximum Gasteiger partial charge on any atom is 0.390 e. The molecule has 0 N–H and O–H groups in total. The van der Waals surface area contributed by atoms with Gasteiger partial charge in [-0.05, 0) is 30.2 Å². The maximum absolute atomic E-state index is 10.7. The Balaban J connectivity index is 1.90. The molecule has 0 saturated carbocycles. The lowest BCUT2D eigenvalue weighted by Crippen LogP contribution is -2.05. The topological polar surface area (TPSA) is 87.0 Å². The Morgan fingerprint density at radius 2 is 2.29 bits per heavy atom. The lowest BCUT2D eigenvalue weighted by atomic mass is 10.3. The molecule has 0 aromatic carbocycles. The Labute approximate surface area is 124 Å². The van der Waals surface area contributed by atoms with E-state index in [0.717, 1.165) is 10.6 Å². The van der Waals surface area contributed by atoms with E-state index in [1.165, 1.54) is 6.07 Å². The van der Waals surface area contributed by atoms with Crippen molar-refractivity contribution in [3.05, 3.63) is 50.8 Å². The lowest BCUT2D eigenvalue weighted by Gasteiger charge is -1.96. The minimum atomic E-state index is -0.504. The highest BCUT2D eigenvalue weighted by atomic mass is 32.1. The summed E-state index contributed by atoms with van der Waals surface area (Å²) >= 11 is 1.55.